The maximum Gasteiger partial charge on any atom is 0.416 e. The molecule has 24 heavy (non-hydrogen) atoms. The number of aryl methyl sites for hydroxylation is 2. The zero-order chi connectivity index (χ0) is 18.4. The lowest BCUT2D eigenvalue weighted by Crippen LogP contribution is -2.17. The van der Waals surface area contributed by atoms with Gasteiger partial charge < -0.3 is 0 Å². The zero-order valence-electron chi connectivity index (χ0n) is 14.6. The number of rotatable bonds is 9. The molecule has 0 bridgehead atoms. The van der Waals surface area contributed by atoms with Gasteiger partial charge in [-0.1, -0.05) is 25.3 Å². The van der Waals surface area contributed by atoms with Gasteiger partial charge >= 0.3 is 6.18 Å². The molecule has 0 radical (unpaired) electrons. The lowest BCUT2D eigenvalue weighted by molar-refractivity contribution is -0.137. The number of unbranched alkanes of at least 4 members (excludes halogenated alkanes) is 4. The number of hydrogen-bond donors (Lipinski definition) is 0. The third kappa shape index (κ3) is 6.83. The summed E-state index contributed by atoms with van der Waals surface area (Å²) in [6.45, 7) is 5.10. The molecule has 138 valence electrons. The van der Waals surface area contributed by atoms with Crippen LogP contribution in [0.15, 0.2) is 18.2 Å². The van der Waals surface area contributed by atoms with E-state index in [1.807, 2.05) is 0 Å². The van der Waals surface area contributed by atoms with Gasteiger partial charge in [-0.25, -0.2) is 8.42 Å². The van der Waals surface area contributed by atoms with Crippen LogP contribution >= 0.6 is 0 Å². The van der Waals surface area contributed by atoms with Crippen LogP contribution in [0.3, 0.4) is 0 Å². The highest BCUT2D eigenvalue weighted by atomic mass is 32.2. The molecule has 0 saturated carbocycles. The van der Waals surface area contributed by atoms with Crippen LogP contribution in [0.5, 0.6) is 0 Å². The van der Waals surface area contributed by atoms with Crippen molar-refractivity contribution < 1.29 is 21.6 Å². The van der Waals surface area contributed by atoms with Gasteiger partial charge in [0.25, 0.3) is 0 Å². The molecule has 1 rings (SSSR count). The average Bonchev–Trinajstić information content (AvgIpc) is 2.46. The Morgan fingerprint density at radius 1 is 1.00 bits per heavy atom. The van der Waals surface area contributed by atoms with E-state index in [-0.39, 0.29) is 11.0 Å². The fourth-order valence-corrected chi connectivity index (χ4v) is 3.62. The van der Waals surface area contributed by atoms with Crippen LogP contribution in [0, 0.1) is 6.92 Å². The van der Waals surface area contributed by atoms with Crippen LogP contribution in [0.2, 0.25) is 0 Å². The van der Waals surface area contributed by atoms with Gasteiger partial charge in [0.2, 0.25) is 0 Å². The minimum absolute atomic E-state index is 0.239. The van der Waals surface area contributed by atoms with Crippen molar-refractivity contribution >= 4 is 9.84 Å². The molecule has 0 aliphatic carbocycles. The van der Waals surface area contributed by atoms with Gasteiger partial charge in [-0.2, -0.15) is 13.2 Å². The molecule has 0 aliphatic rings. The molecule has 1 aromatic carbocycles. The van der Waals surface area contributed by atoms with Crippen molar-refractivity contribution in [1.29, 1.82) is 0 Å². The van der Waals surface area contributed by atoms with Crippen molar-refractivity contribution in [2.75, 3.05) is 5.75 Å². The lowest BCUT2D eigenvalue weighted by Gasteiger charge is -2.11. The first-order chi connectivity index (χ1) is 11.0. The smallest absolute Gasteiger partial charge is 0.229 e. The maximum atomic E-state index is 12.6. The van der Waals surface area contributed by atoms with E-state index < -0.39 is 21.6 Å². The van der Waals surface area contributed by atoms with Crippen LogP contribution in [0.25, 0.3) is 0 Å². The first kappa shape index (κ1) is 21.0. The van der Waals surface area contributed by atoms with E-state index in [1.165, 1.54) is 6.07 Å². The molecule has 0 aromatic heterocycles. The van der Waals surface area contributed by atoms with Crippen molar-refractivity contribution in [1.82, 2.24) is 0 Å². The van der Waals surface area contributed by atoms with E-state index in [0.717, 1.165) is 43.7 Å². The average molecular weight is 364 g/mol. The van der Waals surface area contributed by atoms with Crippen LogP contribution < -0.4 is 0 Å². The van der Waals surface area contributed by atoms with Gasteiger partial charge in [0.05, 0.1) is 16.6 Å². The Labute approximate surface area is 143 Å². The second-order valence-electron chi connectivity index (χ2n) is 6.57. The summed E-state index contributed by atoms with van der Waals surface area (Å²) in [4.78, 5) is 0. The van der Waals surface area contributed by atoms with E-state index in [4.69, 9.17) is 0 Å². The highest BCUT2D eigenvalue weighted by Gasteiger charge is 2.30. The molecule has 0 amide bonds. The summed E-state index contributed by atoms with van der Waals surface area (Å²) in [5.74, 6) is 0.239. The highest BCUT2D eigenvalue weighted by Crippen LogP contribution is 2.30. The van der Waals surface area contributed by atoms with Gasteiger partial charge in [-0.3, -0.25) is 0 Å². The molecule has 0 unspecified atom stereocenters. The minimum atomic E-state index is -4.29. The summed E-state index contributed by atoms with van der Waals surface area (Å²) >= 11 is 0. The molecule has 0 heterocycles. The Morgan fingerprint density at radius 2 is 1.58 bits per heavy atom. The topological polar surface area (TPSA) is 34.1 Å². The van der Waals surface area contributed by atoms with Gasteiger partial charge in [0.1, 0.15) is 0 Å². The van der Waals surface area contributed by atoms with Gasteiger partial charge in [0, 0.05) is 0 Å². The summed E-state index contributed by atoms with van der Waals surface area (Å²) in [5, 5.41) is -0.319. The summed E-state index contributed by atoms with van der Waals surface area (Å²) in [7, 11) is -2.95. The lowest BCUT2D eigenvalue weighted by atomic mass is 9.99. The number of hydrogen-bond acceptors (Lipinski definition) is 2. The third-order valence-electron chi connectivity index (χ3n) is 4.26. The van der Waals surface area contributed by atoms with E-state index in [0.29, 0.717) is 12.0 Å². The summed E-state index contributed by atoms with van der Waals surface area (Å²) in [5.41, 5.74) is 1.02. The van der Waals surface area contributed by atoms with Crippen molar-refractivity contribution in [2.45, 2.75) is 70.7 Å². The Bertz CT molecular complexity index is 620. The van der Waals surface area contributed by atoms with Gasteiger partial charge in [-0.05, 0) is 63.3 Å². The van der Waals surface area contributed by atoms with Crippen LogP contribution in [0.1, 0.15) is 62.6 Å². The Kier molecular flexibility index (Phi) is 7.77. The molecule has 0 aliphatic heterocycles. The molecule has 2 nitrogen and oxygen atoms in total. The van der Waals surface area contributed by atoms with Gasteiger partial charge in [-0.15, -0.1) is 0 Å². The summed E-state index contributed by atoms with van der Waals surface area (Å²) in [6.07, 6.45) is 0.838. The number of benzene rings is 1. The molecule has 6 heteroatoms. The van der Waals surface area contributed by atoms with E-state index >= 15 is 0 Å². The van der Waals surface area contributed by atoms with E-state index in [1.54, 1.807) is 26.8 Å². The van der Waals surface area contributed by atoms with E-state index in [9.17, 15) is 21.6 Å². The molecule has 1 aromatic rings. The highest BCUT2D eigenvalue weighted by molar-refractivity contribution is 7.91. The largest absolute Gasteiger partial charge is 0.416 e. The minimum Gasteiger partial charge on any atom is -0.229 e. The van der Waals surface area contributed by atoms with Gasteiger partial charge in [0.15, 0.2) is 9.84 Å². The molecule has 0 spiro atoms. The van der Waals surface area contributed by atoms with Crippen molar-refractivity contribution in [3.8, 4) is 0 Å². The number of sulfone groups is 1. The predicted molar refractivity (Wildman–Crippen MR) is 91.9 cm³/mol. The second kappa shape index (κ2) is 8.88. The Hall–Kier alpha value is -1.04. The third-order valence-corrected chi connectivity index (χ3v) is 6.56. The fraction of sp³-hybridized carbons (Fsp3) is 0.667. The van der Waals surface area contributed by atoms with Crippen LogP contribution in [-0.4, -0.2) is 19.4 Å². The van der Waals surface area contributed by atoms with Crippen molar-refractivity contribution in [3.05, 3.63) is 34.9 Å². The first-order valence-electron chi connectivity index (χ1n) is 8.42. The predicted octanol–water partition coefficient (Wildman–Crippen LogP) is 5.33. The quantitative estimate of drug-likeness (QED) is 0.555. The zero-order valence-corrected chi connectivity index (χ0v) is 15.4. The first-order valence-corrected chi connectivity index (χ1v) is 10.1. The molecule has 0 N–H and O–H groups in total. The monoisotopic (exact) mass is 364 g/mol. The Balaban J connectivity index is 2.29. The molecule has 0 fully saturated rings. The Morgan fingerprint density at radius 3 is 2.12 bits per heavy atom. The molecule has 0 saturated heterocycles. The second-order valence-corrected chi connectivity index (χ2v) is 9.25. The SMILES string of the molecule is Cc1cc(C(F)(F)F)ccc1CCCCCCCS(=O)(=O)C(C)C. The standard InChI is InChI=1S/C18H27F3O2S/c1-14(2)24(22,23)12-8-6-4-5-7-9-16-10-11-17(13-15(16)3)18(19,20)21/h10-11,13-14H,4-9,12H2,1-3H3. The molecular formula is C18H27F3O2S. The number of halogens is 3. The number of alkyl halides is 3. The van der Waals surface area contributed by atoms with E-state index in [2.05, 4.69) is 0 Å². The summed E-state index contributed by atoms with van der Waals surface area (Å²) < 4.78 is 61.2. The van der Waals surface area contributed by atoms with Crippen LogP contribution in [-0.2, 0) is 22.4 Å². The van der Waals surface area contributed by atoms with Crippen molar-refractivity contribution in [2.24, 2.45) is 0 Å². The molecular weight excluding hydrogens is 337 g/mol. The van der Waals surface area contributed by atoms with Crippen molar-refractivity contribution in [3.63, 3.8) is 0 Å². The fourth-order valence-electron chi connectivity index (χ4n) is 2.54. The summed E-state index contributed by atoms with van der Waals surface area (Å²) in [6, 6.07) is 3.90. The maximum absolute atomic E-state index is 12.6. The normalized spacial score (nSPS) is 12.8. The molecule has 0 atom stereocenters. The van der Waals surface area contributed by atoms with Crippen LogP contribution in [0.4, 0.5) is 13.2 Å².